The number of nitrogens with zero attached hydrogens (tertiary/aromatic N) is 4. The van der Waals surface area contributed by atoms with Crippen molar-refractivity contribution in [2.45, 2.75) is 58.6 Å². The van der Waals surface area contributed by atoms with E-state index in [0.29, 0.717) is 18.0 Å². The predicted octanol–water partition coefficient (Wildman–Crippen LogP) is 3.79. The third kappa shape index (κ3) is 3.42. The highest BCUT2D eigenvalue weighted by atomic mass is 16.5. The summed E-state index contributed by atoms with van der Waals surface area (Å²) >= 11 is 0. The van der Waals surface area contributed by atoms with Gasteiger partial charge in [0.1, 0.15) is 29.5 Å². The Balaban J connectivity index is 1.77. The monoisotopic (exact) mass is 364 g/mol. The van der Waals surface area contributed by atoms with Gasteiger partial charge in [-0.05, 0) is 44.9 Å². The Morgan fingerprint density at radius 1 is 1.37 bits per heavy atom. The van der Waals surface area contributed by atoms with E-state index in [4.69, 9.17) is 9.47 Å². The summed E-state index contributed by atoms with van der Waals surface area (Å²) in [5.41, 5.74) is 2.49. The predicted molar refractivity (Wildman–Crippen MR) is 102 cm³/mol. The van der Waals surface area contributed by atoms with Crippen LogP contribution >= 0.6 is 0 Å². The van der Waals surface area contributed by atoms with Crippen LogP contribution in [0.3, 0.4) is 0 Å². The van der Waals surface area contributed by atoms with Crippen LogP contribution in [0.4, 0.5) is 0 Å². The molecule has 1 aromatic carbocycles. The molecule has 27 heavy (non-hydrogen) atoms. The first-order valence-electron chi connectivity index (χ1n) is 9.70. The molecule has 2 aromatic rings. The Kier molecular flexibility index (Phi) is 4.85. The third-order valence-electron chi connectivity index (χ3n) is 5.10. The fourth-order valence-electron chi connectivity index (χ4n) is 3.84. The molecular weight excluding hydrogens is 340 g/mol. The van der Waals surface area contributed by atoms with Gasteiger partial charge in [0, 0.05) is 30.5 Å². The standard InChI is InChI=1S/C21H24N4O2/c1-3-26-18-11-15-9-14(2)27-19(15)12-16(18)10-17(13-22)21-24-23-20-7-5-4-6-8-25(20)21/h10-12,14H,3-9H2,1-2H3/b17-10+/t14-/m0/s1. The Morgan fingerprint density at radius 2 is 2.26 bits per heavy atom. The summed E-state index contributed by atoms with van der Waals surface area (Å²) in [4.78, 5) is 0. The highest BCUT2D eigenvalue weighted by molar-refractivity contribution is 5.89. The number of aromatic nitrogens is 3. The molecule has 2 aliphatic heterocycles. The van der Waals surface area contributed by atoms with Crippen molar-refractivity contribution in [3.05, 3.63) is 34.9 Å². The summed E-state index contributed by atoms with van der Waals surface area (Å²) < 4.78 is 13.8. The molecule has 0 bridgehead atoms. The number of benzene rings is 1. The van der Waals surface area contributed by atoms with E-state index >= 15 is 0 Å². The Bertz CT molecular complexity index is 923. The number of allylic oxidation sites excluding steroid dienone is 1. The number of hydrogen-bond acceptors (Lipinski definition) is 5. The molecule has 0 aliphatic carbocycles. The second-order valence-electron chi connectivity index (χ2n) is 7.14. The lowest BCUT2D eigenvalue weighted by molar-refractivity contribution is 0.254. The van der Waals surface area contributed by atoms with Gasteiger partial charge in [-0.2, -0.15) is 5.26 Å². The molecule has 6 heteroatoms. The molecule has 0 saturated carbocycles. The molecule has 0 fully saturated rings. The van der Waals surface area contributed by atoms with E-state index in [1.807, 2.05) is 25.1 Å². The summed E-state index contributed by atoms with van der Waals surface area (Å²) in [6, 6.07) is 6.32. The SMILES string of the molecule is CCOc1cc2c(cc1/C=C(\C#N)c1nnc3n1CCCCC3)O[C@@H](C)C2. The summed E-state index contributed by atoms with van der Waals surface area (Å²) in [7, 11) is 0. The van der Waals surface area contributed by atoms with Gasteiger partial charge in [0.15, 0.2) is 5.82 Å². The number of aryl methyl sites for hydroxylation is 1. The van der Waals surface area contributed by atoms with Crippen LogP contribution in [0.5, 0.6) is 11.5 Å². The molecule has 4 rings (SSSR count). The molecule has 6 nitrogen and oxygen atoms in total. The number of hydrogen-bond donors (Lipinski definition) is 0. The van der Waals surface area contributed by atoms with Gasteiger partial charge in [-0.3, -0.25) is 0 Å². The van der Waals surface area contributed by atoms with E-state index in [1.54, 1.807) is 0 Å². The first-order chi connectivity index (χ1) is 13.2. The van der Waals surface area contributed by atoms with E-state index in [-0.39, 0.29) is 6.10 Å². The van der Waals surface area contributed by atoms with E-state index in [1.165, 1.54) is 6.42 Å². The largest absolute Gasteiger partial charge is 0.493 e. The van der Waals surface area contributed by atoms with E-state index in [9.17, 15) is 5.26 Å². The fourth-order valence-corrected chi connectivity index (χ4v) is 3.84. The van der Waals surface area contributed by atoms with Crippen LogP contribution in [0.2, 0.25) is 0 Å². The van der Waals surface area contributed by atoms with Crippen LogP contribution < -0.4 is 9.47 Å². The number of ether oxygens (including phenoxy) is 2. The normalized spacial score (nSPS) is 18.9. The van der Waals surface area contributed by atoms with Crippen molar-refractivity contribution in [1.82, 2.24) is 14.8 Å². The average molecular weight is 364 g/mol. The lowest BCUT2D eigenvalue weighted by Gasteiger charge is -2.11. The van der Waals surface area contributed by atoms with Crippen LogP contribution in [-0.2, 0) is 19.4 Å². The first-order valence-corrected chi connectivity index (χ1v) is 9.70. The van der Waals surface area contributed by atoms with Crippen molar-refractivity contribution in [2.24, 2.45) is 0 Å². The second-order valence-corrected chi connectivity index (χ2v) is 7.14. The number of rotatable bonds is 4. The molecule has 1 atom stereocenters. The lowest BCUT2D eigenvalue weighted by atomic mass is 10.0. The molecule has 1 aromatic heterocycles. The zero-order valence-electron chi connectivity index (χ0n) is 15.9. The highest BCUT2D eigenvalue weighted by Gasteiger charge is 2.23. The molecule has 0 unspecified atom stereocenters. The van der Waals surface area contributed by atoms with Crippen LogP contribution in [0, 0.1) is 11.3 Å². The fraction of sp³-hybridized carbons (Fsp3) is 0.476. The topological polar surface area (TPSA) is 73.0 Å². The van der Waals surface area contributed by atoms with Gasteiger partial charge in [0.2, 0.25) is 0 Å². The first kappa shape index (κ1) is 17.6. The summed E-state index contributed by atoms with van der Waals surface area (Å²) in [5, 5.41) is 18.5. The zero-order valence-corrected chi connectivity index (χ0v) is 15.9. The maximum atomic E-state index is 9.82. The maximum Gasteiger partial charge on any atom is 0.174 e. The zero-order chi connectivity index (χ0) is 18.8. The minimum absolute atomic E-state index is 0.163. The van der Waals surface area contributed by atoms with E-state index in [0.717, 1.165) is 60.7 Å². The molecule has 0 radical (unpaired) electrons. The molecule has 2 aliphatic rings. The van der Waals surface area contributed by atoms with Crippen LogP contribution in [0.1, 0.15) is 55.9 Å². The van der Waals surface area contributed by atoms with E-state index < -0.39 is 0 Å². The summed E-state index contributed by atoms with van der Waals surface area (Å²) in [6.07, 6.45) is 7.20. The minimum atomic E-state index is 0.163. The third-order valence-corrected chi connectivity index (χ3v) is 5.10. The van der Waals surface area contributed by atoms with Crippen molar-refractivity contribution in [3.63, 3.8) is 0 Å². The molecular formula is C21H24N4O2. The van der Waals surface area contributed by atoms with Crippen molar-refractivity contribution in [2.75, 3.05) is 6.61 Å². The Labute approximate surface area is 159 Å². The van der Waals surface area contributed by atoms with Gasteiger partial charge >= 0.3 is 0 Å². The summed E-state index contributed by atoms with van der Waals surface area (Å²) in [5.74, 6) is 3.26. The van der Waals surface area contributed by atoms with Gasteiger partial charge in [-0.15, -0.1) is 10.2 Å². The maximum absolute atomic E-state index is 9.82. The number of fused-ring (bicyclic) bond motifs is 2. The second kappa shape index (κ2) is 7.43. The highest BCUT2D eigenvalue weighted by Crippen LogP contribution is 2.36. The Morgan fingerprint density at radius 3 is 3.07 bits per heavy atom. The molecule has 140 valence electrons. The minimum Gasteiger partial charge on any atom is -0.493 e. The van der Waals surface area contributed by atoms with Gasteiger partial charge < -0.3 is 14.0 Å². The molecule has 0 spiro atoms. The average Bonchev–Trinajstić information content (AvgIpc) is 3.13. The van der Waals surface area contributed by atoms with Crippen molar-refractivity contribution in [1.29, 1.82) is 5.26 Å². The van der Waals surface area contributed by atoms with E-state index in [2.05, 4.69) is 27.8 Å². The van der Waals surface area contributed by atoms with Crippen molar-refractivity contribution < 1.29 is 9.47 Å². The molecule has 3 heterocycles. The summed E-state index contributed by atoms with van der Waals surface area (Å²) in [6.45, 7) is 5.45. The number of nitriles is 1. The van der Waals surface area contributed by atoms with Crippen LogP contribution in [0.25, 0.3) is 11.6 Å². The molecule has 0 amide bonds. The lowest BCUT2D eigenvalue weighted by Crippen LogP contribution is -2.05. The molecule has 0 saturated heterocycles. The van der Waals surface area contributed by atoms with Gasteiger partial charge in [-0.25, -0.2) is 0 Å². The molecule has 0 N–H and O–H groups in total. The quantitative estimate of drug-likeness (QED) is 0.772. The van der Waals surface area contributed by atoms with Gasteiger partial charge in [0.05, 0.1) is 12.2 Å². The van der Waals surface area contributed by atoms with Gasteiger partial charge in [-0.1, -0.05) is 6.42 Å². The van der Waals surface area contributed by atoms with Crippen LogP contribution in [-0.4, -0.2) is 27.5 Å². The Hall–Kier alpha value is -2.81. The van der Waals surface area contributed by atoms with Crippen LogP contribution in [0.15, 0.2) is 12.1 Å². The van der Waals surface area contributed by atoms with Crippen molar-refractivity contribution in [3.8, 4) is 17.6 Å². The van der Waals surface area contributed by atoms with Gasteiger partial charge in [0.25, 0.3) is 0 Å². The van der Waals surface area contributed by atoms with Crippen molar-refractivity contribution >= 4 is 11.6 Å². The smallest absolute Gasteiger partial charge is 0.174 e.